The number of fused-ring (bicyclic) bond motifs is 5. The van der Waals surface area contributed by atoms with Crippen LogP contribution in [0, 0.1) is 52.3 Å². The number of carboxylic acid groups (broad SMARTS) is 1. The van der Waals surface area contributed by atoms with Crippen molar-refractivity contribution in [2.75, 3.05) is 0 Å². The average molecular weight is 403 g/mol. The maximum absolute atomic E-state index is 13.9. The van der Waals surface area contributed by atoms with Gasteiger partial charge in [-0.2, -0.15) is 0 Å². The number of rotatable bonds is 5. The molecule has 0 spiro atoms. The van der Waals surface area contributed by atoms with E-state index in [4.69, 9.17) is 5.11 Å². The standard InChI is InChI=1S/C26H42O3/c1-5-17-19-8-6-7-14-25(19,3)21-13-15-26(4)18(16(2)9-12-22(27)28)10-11-20(26)23(21)24(17)29/h16-21,23H,5-15H2,1-4H3,(H,27,28)/t16-,17-,18?,19?,20?,21?,23?,25?,26?/m1/s1. The van der Waals surface area contributed by atoms with E-state index in [9.17, 15) is 9.59 Å². The molecule has 29 heavy (non-hydrogen) atoms. The lowest BCUT2D eigenvalue weighted by Gasteiger charge is -2.62. The SMILES string of the molecule is CC[C@H]1C(=O)C2C3CCC([C@H](C)CCC(=O)O)C3(C)CCC2C2(C)CCCCC12. The summed E-state index contributed by atoms with van der Waals surface area (Å²) in [6, 6.07) is 0. The van der Waals surface area contributed by atoms with E-state index in [0.717, 1.165) is 12.8 Å². The number of Topliss-reactive ketones (excluding diaryl/α,β-unsaturated/α-hetero) is 1. The highest BCUT2D eigenvalue weighted by molar-refractivity contribution is 5.86. The zero-order valence-electron chi connectivity index (χ0n) is 19.1. The maximum Gasteiger partial charge on any atom is 0.303 e. The fraction of sp³-hybridized carbons (Fsp3) is 0.923. The van der Waals surface area contributed by atoms with Crippen LogP contribution in [0.15, 0.2) is 0 Å². The van der Waals surface area contributed by atoms with E-state index < -0.39 is 5.97 Å². The number of aliphatic carboxylic acids is 1. The van der Waals surface area contributed by atoms with Gasteiger partial charge in [0.1, 0.15) is 5.78 Å². The van der Waals surface area contributed by atoms with Gasteiger partial charge in [0, 0.05) is 18.3 Å². The molecule has 4 aliphatic rings. The van der Waals surface area contributed by atoms with Crippen molar-refractivity contribution in [3.63, 3.8) is 0 Å². The molecule has 0 aromatic rings. The molecule has 3 nitrogen and oxygen atoms in total. The largest absolute Gasteiger partial charge is 0.481 e. The average Bonchev–Trinajstić information content (AvgIpc) is 3.04. The summed E-state index contributed by atoms with van der Waals surface area (Å²) in [6.45, 7) is 9.52. The summed E-state index contributed by atoms with van der Waals surface area (Å²) in [4.78, 5) is 25.0. The predicted molar refractivity (Wildman–Crippen MR) is 115 cm³/mol. The number of ketones is 1. The van der Waals surface area contributed by atoms with Gasteiger partial charge in [0.2, 0.25) is 0 Å². The second-order valence-electron chi connectivity index (χ2n) is 11.7. The van der Waals surface area contributed by atoms with Crippen molar-refractivity contribution in [3.05, 3.63) is 0 Å². The molecular weight excluding hydrogens is 360 g/mol. The van der Waals surface area contributed by atoms with Gasteiger partial charge in [-0.3, -0.25) is 9.59 Å². The lowest BCUT2D eigenvalue weighted by Crippen LogP contribution is -2.59. The first-order chi connectivity index (χ1) is 13.7. The van der Waals surface area contributed by atoms with Crippen molar-refractivity contribution in [3.8, 4) is 0 Å². The van der Waals surface area contributed by atoms with Gasteiger partial charge >= 0.3 is 5.97 Å². The highest BCUT2D eigenvalue weighted by Crippen LogP contribution is 2.68. The molecule has 0 bridgehead atoms. The summed E-state index contributed by atoms with van der Waals surface area (Å²) < 4.78 is 0. The van der Waals surface area contributed by atoms with Crippen LogP contribution in [0.1, 0.15) is 98.3 Å². The van der Waals surface area contributed by atoms with Gasteiger partial charge in [0.15, 0.2) is 0 Å². The van der Waals surface area contributed by atoms with Gasteiger partial charge in [-0.15, -0.1) is 0 Å². The van der Waals surface area contributed by atoms with Crippen molar-refractivity contribution in [2.45, 2.75) is 98.3 Å². The monoisotopic (exact) mass is 402 g/mol. The van der Waals surface area contributed by atoms with E-state index in [1.54, 1.807) is 0 Å². The van der Waals surface area contributed by atoms with E-state index in [2.05, 4.69) is 27.7 Å². The van der Waals surface area contributed by atoms with Crippen LogP contribution in [0.25, 0.3) is 0 Å². The predicted octanol–water partition coefficient (Wildman–Crippen LogP) is 6.35. The van der Waals surface area contributed by atoms with E-state index in [1.165, 1.54) is 51.4 Å². The first kappa shape index (κ1) is 21.4. The second-order valence-corrected chi connectivity index (χ2v) is 11.7. The van der Waals surface area contributed by atoms with E-state index in [-0.39, 0.29) is 23.7 Å². The molecule has 4 fully saturated rings. The van der Waals surface area contributed by atoms with Gasteiger partial charge in [-0.05, 0) is 91.8 Å². The normalized spacial score (nSPS) is 47.8. The minimum absolute atomic E-state index is 0.227. The quantitative estimate of drug-likeness (QED) is 0.583. The Balaban J connectivity index is 1.62. The molecule has 0 aromatic carbocycles. The molecule has 3 heteroatoms. The van der Waals surface area contributed by atoms with Gasteiger partial charge in [0.25, 0.3) is 0 Å². The number of hydrogen-bond donors (Lipinski definition) is 1. The fourth-order valence-electron chi connectivity index (χ4n) is 9.24. The Bertz CT molecular complexity index is 656. The minimum Gasteiger partial charge on any atom is -0.481 e. The molecule has 4 aliphatic carbocycles. The lowest BCUT2D eigenvalue weighted by molar-refractivity contribution is -0.168. The maximum atomic E-state index is 13.9. The first-order valence-corrected chi connectivity index (χ1v) is 12.5. The van der Waals surface area contributed by atoms with Crippen LogP contribution in [0.2, 0.25) is 0 Å². The number of hydrogen-bond acceptors (Lipinski definition) is 2. The Morgan fingerprint density at radius 1 is 1.03 bits per heavy atom. The Labute approximate surface area is 177 Å². The Hall–Kier alpha value is -0.860. The third kappa shape index (κ3) is 3.21. The second kappa shape index (κ2) is 7.68. The summed E-state index contributed by atoms with van der Waals surface area (Å²) in [5, 5.41) is 9.14. The summed E-state index contributed by atoms with van der Waals surface area (Å²) in [5.41, 5.74) is 0.594. The molecule has 0 aromatic heterocycles. The zero-order valence-corrected chi connectivity index (χ0v) is 19.1. The van der Waals surface area contributed by atoms with Gasteiger partial charge < -0.3 is 5.11 Å². The van der Waals surface area contributed by atoms with Crippen molar-refractivity contribution >= 4 is 11.8 Å². The van der Waals surface area contributed by atoms with Gasteiger partial charge in [-0.1, -0.05) is 40.5 Å². The minimum atomic E-state index is -0.676. The molecule has 0 saturated heterocycles. The van der Waals surface area contributed by atoms with Crippen molar-refractivity contribution < 1.29 is 14.7 Å². The smallest absolute Gasteiger partial charge is 0.303 e. The van der Waals surface area contributed by atoms with Crippen LogP contribution in [0.3, 0.4) is 0 Å². The summed E-state index contributed by atoms with van der Waals surface area (Å²) >= 11 is 0. The van der Waals surface area contributed by atoms with Gasteiger partial charge in [-0.25, -0.2) is 0 Å². The molecule has 1 N–H and O–H groups in total. The lowest BCUT2D eigenvalue weighted by atomic mass is 9.42. The molecule has 4 saturated carbocycles. The van der Waals surface area contributed by atoms with Crippen LogP contribution in [0.5, 0.6) is 0 Å². The number of carbonyl (C=O) groups is 2. The van der Waals surface area contributed by atoms with E-state index in [1.807, 2.05) is 0 Å². The summed E-state index contributed by atoms with van der Waals surface area (Å²) in [7, 11) is 0. The Morgan fingerprint density at radius 3 is 2.45 bits per heavy atom. The number of carbonyl (C=O) groups excluding carboxylic acids is 1. The Morgan fingerprint density at radius 2 is 1.76 bits per heavy atom. The van der Waals surface area contributed by atoms with Crippen molar-refractivity contribution in [1.29, 1.82) is 0 Å². The Kier molecular flexibility index (Phi) is 5.66. The molecule has 0 radical (unpaired) electrons. The number of carboxylic acids is 1. The third-order valence-electron chi connectivity index (χ3n) is 10.6. The first-order valence-electron chi connectivity index (χ1n) is 12.5. The molecule has 4 rings (SSSR count). The molecule has 0 aliphatic heterocycles. The van der Waals surface area contributed by atoms with Crippen molar-refractivity contribution in [2.24, 2.45) is 52.3 Å². The molecule has 0 heterocycles. The van der Waals surface area contributed by atoms with Crippen molar-refractivity contribution in [1.82, 2.24) is 0 Å². The third-order valence-corrected chi connectivity index (χ3v) is 10.6. The van der Waals surface area contributed by atoms with Crippen LogP contribution in [-0.4, -0.2) is 16.9 Å². The van der Waals surface area contributed by atoms with Gasteiger partial charge in [0.05, 0.1) is 0 Å². The molecule has 0 amide bonds. The van der Waals surface area contributed by atoms with Crippen LogP contribution < -0.4 is 0 Å². The fourth-order valence-corrected chi connectivity index (χ4v) is 9.24. The molecule has 9 atom stereocenters. The van der Waals surface area contributed by atoms with Crippen LogP contribution >= 0.6 is 0 Å². The molecule has 7 unspecified atom stereocenters. The van der Waals surface area contributed by atoms with E-state index in [0.29, 0.717) is 40.8 Å². The molecular formula is C26H42O3. The highest BCUT2D eigenvalue weighted by Gasteiger charge is 2.64. The summed E-state index contributed by atoms with van der Waals surface area (Å²) in [6.07, 6.45) is 12.2. The highest BCUT2D eigenvalue weighted by atomic mass is 16.4. The van der Waals surface area contributed by atoms with Crippen LogP contribution in [-0.2, 0) is 9.59 Å². The molecule has 164 valence electrons. The van der Waals surface area contributed by atoms with E-state index >= 15 is 0 Å². The summed E-state index contributed by atoms with van der Waals surface area (Å²) in [5.74, 6) is 3.26. The topological polar surface area (TPSA) is 54.4 Å². The zero-order chi connectivity index (χ0) is 21.0. The van der Waals surface area contributed by atoms with Crippen LogP contribution in [0.4, 0.5) is 0 Å².